The van der Waals surface area contributed by atoms with Crippen molar-refractivity contribution in [3.63, 3.8) is 0 Å². The normalized spacial score (nSPS) is 26.6. The fourth-order valence-corrected chi connectivity index (χ4v) is 9.09. The third kappa shape index (κ3) is 5.58. The first-order valence-corrected chi connectivity index (χ1v) is 16.7. The maximum absolute atomic E-state index is 14.6. The van der Waals surface area contributed by atoms with Crippen LogP contribution in [0.25, 0.3) is 11.0 Å². The average Bonchev–Trinajstić information content (AvgIpc) is 3.72. The Morgan fingerprint density at radius 1 is 0.935 bits per heavy atom. The van der Waals surface area contributed by atoms with Gasteiger partial charge in [0, 0.05) is 37.8 Å². The number of alkyl halides is 3. The molecule has 7 nitrogen and oxygen atoms in total. The largest absolute Gasteiger partial charge is 0.471 e. The molecule has 0 spiro atoms. The highest BCUT2D eigenvalue weighted by Gasteiger charge is 2.49. The summed E-state index contributed by atoms with van der Waals surface area (Å²) in [5.74, 6) is -1.60. The number of imidazole rings is 1. The second-order valence-corrected chi connectivity index (χ2v) is 13.8. The highest BCUT2D eigenvalue weighted by molar-refractivity contribution is 5.90. The number of benzene rings is 2. The average molecular weight is 640 g/mol. The number of aromatic nitrogens is 2. The topological polar surface area (TPSA) is 61.7 Å². The van der Waals surface area contributed by atoms with Crippen LogP contribution < -0.4 is 0 Å². The summed E-state index contributed by atoms with van der Waals surface area (Å²) < 4.78 is 56.6. The Kier molecular flexibility index (Phi) is 8.10. The van der Waals surface area contributed by atoms with Crippen molar-refractivity contribution in [3.05, 3.63) is 65.7 Å². The summed E-state index contributed by atoms with van der Waals surface area (Å²) >= 11 is 0. The molecule has 246 valence electrons. The first kappa shape index (κ1) is 31.1. The second kappa shape index (κ2) is 12.0. The Labute approximate surface area is 266 Å². The van der Waals surface area contributed by atoms with Gasteiger partial charge < -0.3 is 14.4 Å². The molecule has 2 bridgehead atoms. The number of piperidine rings is 2. The van der Waals surface area contributed by atoms with Crippen molar-refractivity contribution in [3.8, 4) is 0 Å². The van der Waals surface area contributed by atoms with Crippen LogP contribution in [0.4, 0.5) is 17.6 Å². The van der Waals surface area contributed by atoms with Crippen LogP contribution in [0.5, 0.6) is 0 Å². The number of nitrogens with zero attached hydrogens (tertiary/aromatic N) is 5. The number of carbonyl (C=O) groups excluding carboxylic acids is 2. The van der Waals surface area contributed by atoms with E-state index in [1.165, 1.54) is 11.6 Å². The zero-order valence-electron chi connectivity index (χ0n) is 26.2. The van der Waals surface area contributed by atoms with Crippen LogP contribution >= 0.6 is 0 Å². The van der Waals surface area contributed by atoms with Gasteiger partial charge >= 0.3 is 12.1 Å². The first-order valence-electron chi connectivity index (χ1n) is 16.7. The van der Waals surface area contributed by atoms with Crippen molar-refractivity contribution >= 4 is 22.8 Å². The number of carbonyl (C=O) groups is 2. The molecule has 4 fully saturated rings. The quantitative estimate of drug-likeness (QED) is 0.304. The Hall–Kier alpha value is -3.47. The van der Waals surface area contributed by atoms with Gasteiger partial charge in [0.05, 0.1) is 11.0 Å². The molecule has 0 aliphatic carbocycles. The molecular formula is C35H41F4N5O2. The van der Waals surface area contributed by atoms with Crippen molar-refractivity contribution in [1.82, 2.24) is 24.3 Å². The van der Waals surface area contributed by atoms with Gasteiger partial charge in [-0.1, -0.05) is 24.3 Å². The van der Waals surface area contributed by atoms with Crippen LogP contribution in [0.3, 0.4) is 0 Å². The van der Waals surface area contributed by atoms with E-state index in [-0.39, 0.29) is 24.2 Å². The predicted molar refractivity (Wildman–Crippen MR) is 166 cm³/mol. The summed E-state index contributed by atoms with van der Waals surface area (Å²) in [7, 11) is 0. The lowest BCUT2D eigenvalue weighted by molar-refractivity contribution is -0.187. The van der Waals surface area contributed by atoms with Gasteiger partial charge in [-0.25, -0.2) is 9.37 Å². The lowest BCUT2D eigenvalue weighted by Gasteiger charge is -2.46. The molecular weight excluding hydrogens is 598 g/mol. The van der Waals surface area contributed by atoms with Gasteiger partial charge in [-0.05, 0) is 106 Å². The summed E-state index contributed by atoms with van der Waals surface area (Å²) in [6, 6.07) is 15.3. The summed E-state index contributed by atoms with van der Waals surface area (Å²) in [5, 5.41) is 0. The van der Waals surface area contributed by atoms with Crippen LogP contribution in [0, 0.1) is 12.7 Å². The van der Waals surface area contributed by atoms with Crippen molar-refractivity contribution in [2.75, 3.05) is 26.2 Å². The zero-order chi connectivity index (χ0) is 32.2. The lowest BCUT2D eigenvalue weighted by Crippen LogP contribution is -2.54. The van der Waals surface area contributed by atoms with Gasteiger partial charge in [0.2, 0.25) is 5.91 Å². The highest BCUT2D eigenvalue weighted by atomic mass is 19.4. The Balaban J connectivity index is 1.05. The fraction of sp³-hybridized carbons (Fsp3) is 0.571. The molecule has 4 atom stereocenters. The van der Waals surface area contributed by atoms with E-state index in [9.17, 15) is 27.2 Å². The molecule has 11 heteroatoms. The third-order valence-electron chi connectivity index (χ3n) is 11.4. The molecule has 1 aromatic heterocycles. The van der Waals surface area contributed by atoms with Gasteiger partial charge in [-0.15, -0.1) is 0 Å². The standard InChI is InChI=1S/C35H41F4N5O2/c1-23-40-29-8-2-3-9-30(29)44(23)28-21-26-11-12-27(22-28)42(26)19-15-34(24-6-4-7-25(36)20-24)13-17-41(18-14-34)32(45)31-10-5-16-43(31)33(46)35(37,38)39/h2-4,6-9,20,26-28,31H,5,10-19,21-22H2,1H3/t26-,27+,28?,31-/m0/s1. The Morgan fingerprint density at radius 2 is 1.65 bits per heavy atom. The van der Waals surface area contributed by atoms with Crippen molar-refractivity contribution in [1.29, 1.82) is 0 Å². The zero-order valence-corrected chi connectivity index (χ0v) is 26.2. The number of hydrogen-bond acceptors (Lipinski definition) is 4. The van der Waals surface area contributed by atoms with Crippen LogP contribution in [0.15, 0.2) is 48.5 Å². The van der Waals surface area contributed by atoms with Crippen molar-refractivity contribution in [2.45, 2.75) is 100 Å². The van der Waals surface area contributed by atoms with Gasteiger partial charge in [0.25, 0.3) is 0 Å². The van der Waals surface area contributed by atoms with Crippen LogP contribution in [0.1, 0.15) is 75.2 Å². The molecule has 7 rings (SSSR count). The molecule has 4 saturated heterocycles. The highest BCUT2D eigenvalue weighted by Crippen LogP contribution is 2.45. The van der Waals surface area contributed by atoms with Crippen molar-refractivity contribution in [2.24, 2.45) is 0 Å². The van der Waals surface area contributed by atoms with Gasteiger partial charge in [0.1, 0.15) is 17.7 Å². The SMILES string of the molecule is Cc1nc2ccccc2n1C1C[C@H]2CC[C@@H](C1)N2CCC1(c2cccc(F)c2)CCN(C(=O)[C@@H]2CCCN2C(=O)C(F)(F)F)CC1. The molecule has 0 N–H and O–H groups in total. The Morgan fingerprint density at radius 3 is 2.35 bits per heavy atom. The van der Waals surface area contributed by atoms with E-state index in [4.69, 9.17) is 4.98 Å². The van der Waals surface area contributed by atoms with E-state index < -0.39 is 24.0 Å². The molecule has 4 aliphatic rings. The van der Waals surface area contributed by atoms with E-state index in [0.717, 1.165) is 55.6 Å². The summed E-state index contributed by atoms with van der Waals surface area (Å²) in [4.78, 5) is 35.3. The predicted octanol–water partition coefficient (Wildman–Crippen LogP) is 6.16. The first-order chi connectivity index (χ1) is 22.0. The number of aryl methyl sites for hydroxylation is 1. The lowest BCUT2D eigenvalue weighted by atomic mass is 9.70. The number of fused-ring (bicyclic) bond motifs is 3. The molecule has 4 aliphatic heterocycles. The fourth-order valence-electron chi connectivity index (χ4n) is 9.09. The molecule has 0 saturated carbocycles. The van der Waals surface area contributed by atoms with Gasteiger partial charge in [0.15, 0.2) is 0 Å². The van der Waals surface area contributed by atoms with Crippen LogP contribution in [-0.2, 0) is 15.0 Å². The number of rotatable bonds is 6. The summed E-state index contributed by atoms with van der Waals surface area (Å²) in [5.41, 5.74) is 2.78. The van der Waals surface area contributed by atoms with E-state index >= 15 is 0 Å². The van der Waals surface area contributed by atoms with Crippen molar-refractivity contribution < 1.29 is 27.2 Å². The number of likely N-dealkylation sites (tertiary alicyclic amines) is 2. The Bertz CT molecular complexity index is 1600. The molecule has 2 amide bonds. The molecule has 2 aromatic carbocycles. The summed E-state index contributed by atoms with van der Waals surface area (Å²) in [6.45, 7) is 3.62. The second-order valence-electron chi connectivity index (χ2n) is 13.8. The van der Waals surface area contributed by atoms with Gasteiger partial charge in [-0.2, -0.15) is 13.2 Å². The molecule has 5 heterocycles. The minimum atomic E-state index is -5.00. The number of para-hydroxylation sites is 2. The van der Waals surface area contributed by atoms with Crippen LogP contribution in [-0.4, -0.2) is 86.5 Å². The maximum Gasteiger partial charge on any atom is 0.471 e. The minimum absolute atomic E-state index is 0.0640. The maximum atomic E-state index is 14.6. The smallest absolute Gasteiger partial charge is 0.341 e. The number of halogens is 4. The van der Waals surface area contributed by atoms with E-state index in [0.29, 0.717) is 55.4 Å². The van der Waals surface area contributed by atoms with Crippen LogP contribution in [0.2, 0.25) is 0 Å². The van der Waals surface area contributed by atoms with Gasteiger partial charge in [-0.3, -0.25) is 14.5 Å². The monoisotopic (exact) mass is 639 g/mol. The van der Waals surface area contributed by atoms with E-state index in [1.807, 2.05) is 12.1 Å². The number of amides is 2. The van der Waals surface area contributed by atoms with E-state index in [2.05, 4.69) is 34.6 Å². The molecule has 46 heavy (non-hydrogen) atoms. The molecule has 0 radical (unpaired) electrons. The summed E-state index contributed by atoms with van der Waals surface area (Å²) in [6.07, 6.45) is 2.01. The molecule has 1 unspecified atom stereocenters. The minimum Gasteiger partial charge on any atom is -0.341 e. The van der Waals surface area contributed by atoms with E-state index in [1.54, 1.807) is 17.0 Å². The molecule has 3 aromatic rings. The third-order valence-corrected chi connectivity index (χ3v) is 11.4. The number of hydrogen-bond donors (Lipinski definition) is 0.